The molecule has 1 aliphatic rings. The molecule has 0 bridgehead atoms. The Bertz CT molecular complexity index is 337. The molecular formula is C12H21N3O. The molecule has 1 aromatic rings. The molecule has 1 aliphatic carbocycles. The number of nitrogens with zero attached hydrogens (tertiary/aromatic N) is 2. The smallest absolute Gasteiger partial charge is 0.229 e. The van der Waals surface area contributed by atoms with E-state index in [1.54, 1.807) is 0 Å². The van der Waals surface area contributed by atoms with E-state index in [2.05, 4.69) is 24.0 Å². The Balaban J connectivity index is 2.01. The van der Waals surface area contributed by atoms with Gasteiger partial charge in [-0.25, -0.2) is 0 Å². The fourth-order valence-corrected chi connectivity index (χ4v) is 2.43. The van der Waals surface area contributed by atoms with Crippen LogP contribution in [0.2, 0.25) is 0 Å². The third-order valence-electron chi connectivity index (χ3n) is 3.54. The predicted molar refractivity (Wildman–Crippen MR) is 62.1 cm³/mol. The Morgan fingerprint density at radius 1 is 1.50 bits per heavy atom. The summed E-state index contributed by atoms with van der Waals surface area (Å²) in [7, 11) is 0. The van der Waals surface area contributed by atoms with Crippen molar-refractivity contribution in [2.75, 3.05) is 6.54 Å². The van der Waals surface area contributed by atoms with Crippen LogP contribution in [-0.2, 0) is 0 Å². The van der Waals surface area contributed by atoms with Gasteiger partial charge in [0.05, 0.1) is 0 Å². The van der Waals surface area contributed by atoms with Gasteiger partial charge in [0.1, 0.15) is 0 Å². The molecule has 4 heteroatoms. The van der Waals surface area contributed by atoms with Gasteiger partial charge in [0.15, 0.2) is 5.82 Å². The SMILES string of the molecule is CC1CCC(c2noc(C(C)CCN)n2)C1. The third kappa shape index (κ3) is 2.43. The van der Waals surface area contributed by atoms with Crippen LogP contribution in [0, 0.1) is 5.92 Å². The van der Waals surface area contributed by atoms with Crippen LogP contribution in [0.1, 0.15) is 63.1 Å². The summed E-state index contributed by atoms with van der Waals surface area (Å²) in [4.78, 5) is 4.51. The maximum Gasteiger partial charge on any atom is 0.229 e. The molecule has 90 valence electrons. The first-order valence-electron chi connectivity index (χ1n) is 6.24. The van der Waals surface area contributed by atoms with Crippen LogP contribution in [0.15, 0.2) is 4.52 Å². The van der Waals surface area contributed by atoms with Crippen molar-refractivity contribution in [3.05, 3.63) is 11.7 Å². The average Bonchev–Trinajstić information content (AvgIpc) is 2.85. The van der Waals surface area contributed by atoms with Gasteiger partial charge in [-0.05, 0) is 38.1 Å². The lowest BCUT2D eigenvalue weighted by atomic mass is 10.1. The quantitative estimate of drug-likeness (QED) is 0.851. The van der Waals surface area contributed by atoms with E-state index >= 15 is 0 Å². The Hall–Kier alpha value is -0.900. The van der Waals surface area contributed by atoms with Crippen LogP contribution in [0.5, 0.6) is 0 Å². The molecule has 2 rings (SSSR count). The Labute approximate surface area is 96.6 Å². The molecule has 0 aromatic carbocycles. The van der Waals surface area contributed by atoms with Crippen molar-refractivity contribution in [1.29, 1.82) is 0 Å². The first-order chi connectivity index (χ1) is 7.70. The first-order valence-corrected chi connectivity index (χ1v) is 6.24. The average molecular weight is 223 g/mol. The Kier molecular flexibility index (Phi) is 3.59. The number of hydrogen-bond acceptors (Lipinski definition) is 4. The zero-order valence-electron chi connectivity index (χ0n) is 10.1. The highest BCUT2D eigenvalue weighted by Crippen LogP contribution is 2.36. The van der Waals surface area contributed by atoms with E-state index in [1.165, 1.54) is 19.3 Å². The summed E-state index contributed by atoms with van der Waals surface area (Å²) in [6.45, 7) is 5.04. The molecule has 16 heavy (non-hydrogen) atoms. The van der Waals surface area contributed by atoms with Crippen molar-refractivity contribution >= 4 is 0 Å². The van der Waals surface area contributed by atoms with E-state index in [9.17, 15) is 0 Å². The molecule has 3 atom stereocenters. The summed E-state index contributed by atoms with van der Waals surface area (Å²) >= 11 is 0. The Morgan fingerprint density at radius 2 is 2.31 bits per heavy atom. The molecule has 0 amide bonds. The highest BCUT2D eigenvalue weighted by Gasteiger charge is 2.27. The van der Waals surface area contributed by atoms with Gasteiger partial charge in [0.2, 0.25) is 5.89 Å². The van der Waals surface area contributed by atoms with Crippen LogP contribution in [0.4, 0.5) is 0 Å². The second-order valence-electron chi connectivity index (χ2n) is 5.08. The fraction of sp³-hybridized carbons (Fsp3) is 0.833. The van der Waals surface area contributed by atoms with Gasteiger partial charge in [-0.3, -0.25) is 0 Å². The number of nitrogens with two attached hydrogens (primary N) is 1. The molecule has 4 nitrogen and oxygen atoms in total. The van der Waals surface area contributed by atoms with E-state index in [-0.39, 0.29) is 5.92 Å². The maximum atomic E-state index is 5.52. The van der Waals surface area contributed by atoms with E-state index < -0.39 is 0 Å². The van der Waals surface area contributed by atoms with Gasteiger partial charge in [-0.1, -0.05) is 19.0 Å². The highest BCUT2D eigenvalue weighted by molar-refractivity contribution is 5.01. The van der Waals surface area contributed by atoms with Gasteiger partial charge in [0.25, 0.3) is 0 Å². The van der Waals surface area contributed by atoms with Gasteiger partial charge < -0.3 is 10.3 Å². The second kappa shape index (κ2) is 4.95. The lowest BCUT2D eigenvalue weighted by Gasteiger charge is -2.03. The zero-order chi connectivity index (χ0) is 11.5. The van der Waals surface area contributed by atoms with Gasteiger partial charge in [-0.15, -0.1) is 0 Å². The highest BCUT2D eigenvalue weighted by atomic mass is 16.5. The molecule has 1 heterocycles. The lowest BCUT2D eigenvalue weighted by molar-refractivity contribution is 0.348. The molecule has 0 aliphatic heterocycles. The Morgan fingerprint density at radius 3 is 2.94 bits per heavy atom. The minimum absolute atomic E-state index is 0.282. The van der Waals surface area contributed by atoms with Crippen molar-refractivity contribution < 1.29 is 4.52 Å². The number of hydrogen-bond donors (Lipinski definition) is 1. The molecule has 1 aromatic heterocycles. The van der Waals surface area contributed by atoms with Crippen molar-refractivity contribution in [2.24, 2.45) is 11.7 Å². The molecule has 1 fully saturated rings. The number of rotatable bonds is 4. The van der Waals surface area contributed by atoms with Crippen LogP contribution < -0.4 is 5.73 Å². The topological polar surface area (TPSA) is 64.9 Å². The fourth-order valence-electron chi connectivity index (χ4n) is 2.43. The normalized spacial score (nSPS) is 27.2. The molecular weight excluding hydrogens is 202 g/mol. The van der Waals surface area contributed by atoms with Crippen molar-refractivity contribution in [1.82, 2.24) is 10.1 Å². The molecule has 1 saturated carbocycles. The molecule has 0 radical (unpaired) electrons. The minimum Gasteiger partial charge on any atom is -0.339 e. The molecule has 0 saturated heterocycles. The predicted octanol–water partition coefficient (Wildman–Crippen LogP) is 2.43. The molecule has 3 unspecified atom stereocenters. The van der Waals surface area contributed by atoms with Crippen LogP contribution >= 0.6 is 0 Å². The summed E-state index contributed by atoms with van der Waals surface area (Å²) in [6, 6.07) is 0. The van der Waals surface area contributed by atoms with E-state index in [0.717, 1.165) is 24.1 Å². The summed E-state index contributed by atoms with van der Waals surface area (Å²) in [5.41, 5.74) is 5.52. The second-order valence-corrected chi connectivity index (χ2v) is 5.08. The minimum atomic E-state index is 0.282. The van der Waals surface area contributed by atoms with E-state index in [4.69, 9.17) is 10.3 Å². The van der Waals surface area contributed by atoms with Gasteiger partial charge in [0, 0.05) is 11.8 Å². The van der Waals surface area contributed by atoms with E-state index in [1.807, 2.05) is 0 Å². The number of aromatic nitrogens is 2. The summed E-state index contributed by atoms with van der Waals surface area (Å²) in [5.74, 6) is 3.25. The molecule has 0 spiro atoms. The van der Waals surface area contributed by atoms with Crippen LogP contribution in [0.3, 0.4) is 0 Å². The van der Waals surface area contributed by atoms with Gasteiger partial charge in [-0.2, -0.15) is 4.98 Å². The summed E-state index contributed by atoms with van der Waals surface area (Å²) < 4.78 is 5.31. The van der Waals surface area contributed by atoms with Crippen molar-refractivity contribution in [3.8, 4) is 0 Å². The van der Waals surface area contributed by atoms with Crippen LogP contribution in [-0.4, -0.2) is 16.7 Å². The summed E-state index contributed by atoms with van der Waals surface area (Å²) in [5, 5.41) is 4.11. The van der Waals surface area contributed by atoms with Crippen molar-refractivity contribution in [2.45, 2.75) is 51.4 Å². The monoisotopic (exact) mass is 223 g/mol. The van der Waals surface area contributed by atoms with Crippen LogP contribution in [0.25, 0.3) is 0 Å². The zero-order valence-corrected chi connectivity index (χ0v) is 10.1. The lowest BCUT2D eigenvalue weighted by Crippen LogP contribution is -2.05. The summed E-state index contributed by atoms with van der Waals surface area (Å²) in [6.07, 6.45) is 4.59. The van der Waals surface area contributed by atoms with E-state index in [0.29, 0.717) is 12.5 Å². The standard InChI is InChI=1S/C12H21N3O/c1-8-3-4-10(7-8)11-14-12(16-15-11)9(2)5-6-13/h8-10H,3-7,13H2,1-2H3. The van der Waals surface area contributed by atoms with Gasteiger partial charge >= 0.3 is 0 Å². The largest absolute Gasteiger partial charge is 0.339 e. The third-order valence-corrected chi connectivity index (χ3v) is 3.54. The van der Waals surface area contributed by atoms with Crippen molar-refractivity contribution in [3.63, 3.8) is 0 Å². The molecule has 2 N–H and O–H groups in total. The maximum absolute atomic E-state index is 5.52. The first kappa shape index (κ1) is 11.6.